The smallest absolute Gasteiger partial charge is 0.136 e. The lowest BCUT2D eigenvalue weighted by molar-refractivity contribution is 0.669. The highest BCUT2D eigenvalue weighted by Crippen LogP contribution is 2.39. The largest absolute Gasteiger partial charge is 0.456 e. The molecule has 0 N–H and O–H groups in total. The van der Waals surface area contributed by atoms with Gasteiger partial charge in [0.25, 0.3) is 0 Å². The Hall–Kier alpha value is -6.38. The molecule has 0 fully saturated rings. The Balaban J connectivity index is 1.24. The van der Waals surface area contributed by atoms with Crippen LogP contribution in [-0.2, 0) is 0 Å². The fraction of sp³-hybridized carbons (Fsp3) is 0. The lowest BCUT2D eigenvalue weighted by atomic mass is 9.98. The van der Waals surface area contributed by atoms with Gasteiger partial charge in [-0.05, 0) is 98.7 Å². The van der Waals surface area contributed by atoms with E-state index in [1.165, 1.54) is 17.0 Å². The van der Waals surface area contributed by atoms with Crippen molar-refractivity contribution in [3.05, 3.63) is 188 Å². The summed E-state index contributed by atoms with van der Waals surface area (Å²) >= 11 is 0. The number of nitrogens with zero attached hydrogens (tertiary/aromatic N) is 1. The van der Waals surface area contributed by atoms with Gasteiger partial charge in [-0.1, -0.05) is 133 Å². The number of para-hydroxylation sites is 1. The third kappa shape index (κ3) is 5.01. The second-order valence-electron chi connectivity index (χ2n) is 11.0. The molecule has 0 aliphatic rings. The first kappa shape index (κ1) is 15.9. The normalized spacial score (nSPS) is 16.0. The number of rotatable bonds is 6. The summed E-state index contributed by atoms with van der Waals surface area (Å²) in [7, 11) is 0. The van der Waals surface area contributed by atoms with Gasteiger partial charge in [0.1, 0.15) is 11.2 Å². The second kappa shape index (κ2) is 11.8. The maximum atomic E-state index is 9.33. The van der Waals surface area contributed by atoms with Crippen LogP contribution in [0.3, 0.4) is 0 Å². The van der Waals surface area contributed by atoms with Gasteiger partial charge in [-0.25, -0.2) is 0 Å². The summed E-state index contributed by atoms with van der Waals surface area (Å²) in [5.74, 6) is 0. The summed E-state index contributed by atoms with van der Waals surface area (Å²) in [6.07, 6.45) is 0. The SMILES string of the molecule is [2H]c1c([2H])c([2H])c(-c2c([2H])c([2H])c(N(c3ccc(-c4ccc5c(c4)oc4ccccc45)cc3)c3ccc(-c4c([2H])c([2H])c([2H])c5c([2H])c([2H])c([2H])c([2H])c45)cc3)c([2H])c2[2H])c([2H])c1[2H]. The van der Waals surface area contributed by atoms with Gasteiger partial charge >= 0.3 is 0 Å². The number of fused-ring (bicyclic) bond motifs is 4. The van der Waals surface area contributed by atoms with Crippen LogP contribution in [0.1, 0.15) is 21.9 Å². The fourth-order valence-corrected chi connectivity index (χ4v) is 5.84. The number of benzene rings is 8. The van der Waals surface area contributed by atoms with E-state index in [0.29, 0.717) is 11.3 Å². The Morgan fingerprint density at radius 2 is 1.02 bits per heavy atom. The first-order valence-corrected chi connectivity index (χ1v) is 15.0. The van der Waals surface area contributed by atoms with Crippen molar-refractivity contribution in [2.75, 3.05) is 4.90 Å². The Morgan fingerprint density at radius 3 is 1.81 bits per heavy atom. The van der Waals surface area contributed by atoms with Crippen LogP contribution in [-0.4, -0.2) is 0 Å². The van der Waals surface area contributed by atoms with Crippen molar-refractivity contribution in [3.8, 4) is 33.4 Å². The topological polar surface area (TPSA) is 16.4 Å². The highest BCUT2D eigenvalue weighted by Gasteiger charge is 2.15. The standard InChI is InChI=1S/C46H31NO/c1-2-9-32(10-3-1)33-17-24-38(25-18-33)47(40-28-21-36(22-29-40)42-15-8-12-35-11-4-5-13-41(35)42)39-26-19-34(20-27-39)37-23-30-44-43-14-6-7-16-45(43)48-46(44)31-37/h1-31H/i1D,2D,3D,4D,5D,8D,9D,10D,11D,12D,13D,15D,17D,18D,24D,25D. The quantitative estimate of drug-likeness (QED) is 0.182. The molecule has 0 amide bonds. The van der Waals surface area contributed by atoms with Crippen molar-refractivity contribution in [1.29, 1.82) is 0 Å². The third-order valence-electron chi connectivity index (χ3n) is 8.15. The summed E-state index contributed by atoms with van der Waals surface area (Å²) < 4.78 is 144. The second-order valence-corrected chi connectivity index (χ2v) is 11.0. The van der Waals surface area contributed by atoms with E-state index in [2.05, 4.69) is 0 Å². The Labute approximate surface area is 302 Å². The molecule has 1 aromatic heterocycles. The van der Waals surface area contributed by atoms with Gasteiger partial charge in [0.15, 0.2) is 0 Å². The van der Waals surface area contributed by atoms with Crippen molar-refractivity contribution in [3.63, 3.8) is 0 Å². The van der Waals surface area contributed by atoms with Crippen molar-refractivity contribution in [2.24, 2.45) is 0 Å². The van der Waals surface area contributed by atoms with Crippen molar-refractivity contribution >= 4 is 49.8 Å². The molecule has 9 aromatic rings. The average molecular weight is 630 g/mol. The first-order valence-electron chi connectivity index (χ1n) is 23.0. The minimum Gasteiger partial charge on any atom is -0.456 e. The van der Waals surface area contributed by atoms with Crippen molar-refractivity contribution in [1.82, 2.24) is 0 Å². The number of furan rings is 1. The molecule has 0 radical (unpaired) electrons. The molecule has 2 heteroatoms. The van der Waals surface area contributed by atoms with E-state index < -0.39 is 108 Å². The monoisotopic (exact) mass is 629 g/mol. The maximum absolute atomic E-state index is 9.33. The molecular formula is C46H31NO. The van der Waals surface area contributed by atoms with Gasteiger partial charge < -0.3 is 9.32 Å². The predicted octanol–water partition coefficient (Wildman–Crippen LogP) is 13.2. The van der Waals surface area contributed by atoms with Crippen LogP contribution in [0.5, 0.6) is 0 Å². The Morgan fingerprint density at radius 1 is 0.396 bits per heavy atom. The van der Waals surface area contributed by atoms with Crippen LogP contribution >= 0.6 is 0 Å². The van der Waals surface area contributed by atoms with Crippen molar-refractivity contribution in [2.45, 2.75) is 0 Å². The number of anilines is 3. The summed E-state index contributed by atoms with van der Waals surface area (Å²) in [5.41, 5.74) is 2.70. The van der Waals surface area contributed by atoms with E-state index in [0.717, 1.165) is 27.5 Å². The molecule has 0 bridgehead atoms. The minimum atomic E-state index is -0.702. The molecule has 48 heavy (non-hydrogen) atoms. The molecule has 2 nitrogen and oxygen atoms in total. The molecule has 1 heterocycles. The molecule has 0 unspecified atom stereocenters. The number of hydrogen-bond donors (Lipinski definition) is 0. The summed E-state index contributed by atoms with van der Waals surface area (Å²) in [4.78, 5) is 1.46. The van der Waals surface area contributed by atoms with Crippen LogP contribution in [0.25, 0.3) is 66.1 Å². The summed E-state index contributed by atoms with van der Waals surface area (Å²) in [6, 6.07) is 17.1. The molecule has 226 valence electrons. The molecule has 0 atom stereocenters. The zero-order chi connectivity index (χ0) is 45.8. The summed E-state index contributed by atoms with van der Waals surface area (Å²) in [5, 5.41) is 1.60. The van der Waals surface area contributed by atoms with E-state index in [4.69, 9.17) is 23.6 Å². The summed E-state index contributed by atoms with van der Waals surface area (Å²) in [6.45, 7) is 0. The Bertz CT molecular complexity index is 3390. The molecule has 0 spiro atoms. The maximum Gasteiger partial charge on any atom is 0.136 e. The average Bonchev–Trinajstić information content (AvgIpc) is 3.68. The van der Waals surface area contributed by atoms with Crippen LogP contribution in [0.15, 0.2) is 192 Å². The zero-order valence-electron chi connectivity index (χ0n) is 41.0. The lowest BCUT2D eigenvalue weighted by Gasteiger charge is -2.26. The molecule has 0 aliphatic heterocycles. The van der Waals surface area contributed by atoms with Crippen molar-refractivity contribution < 1.29 is 26.3 Å². The van der Waals surface area contributed by atoms with Gasteiger partial charge in [0, 0.05) is 27.8 Å². The van der Waals surface area contributed by atoms with Crippen LogP contribution < -0.4 is 4.90 Å². The molecule has 0 saturated heterocycles. The molecule has 9 rings (SSSR count). The van der Waals surface area contributed by atoms with Gasteiger partial charge in [-0.3, -0.25) is 0 Å². The Kier molecular flexibility index (Phi) is 3.91. The van der Waals surface area contributed by atoms with E-state index in [1.807, 2.05) is 54.6 Å². The van der Waals surface area contributed by atoms with Gasteiger partial charge in [-0.2, -0.15) is 0 Å². The zero-order valence-corrected chi connectivity index (χ0v) is 25.0. The lowest BCUT2D eigenvalue weighted by Crippen LogP contribution is -2.09. The molecule has 8 aromatic carbocycles. The van der Waals surface area contributed by atoms with E-state index in [9.17, 15) is 2.74 Å². The molecule has 0 aliphatic carbocycles. The van der Waals surface area contributed by atoms with Crippen LogP contribution in [0.2, 0.25) is 0 Å². The van der Waals surface area contributed by atoms with Crippen LogP contribution in [0, 0.1) is 0 Å². The molecular weight excluding hydrogens is 583 g/mol. The first-order chi connectivity index (χ1) is 30.4. The van der Waals surface area contributed by atoms with Crippen LogP contribution in [0.4, 0.5) is 17.1 Å². The van der Waals surface area contributed by atoms with Gasteiger partial charge in [0.05, 0.1) is 21.9 Å². The van der Waals surface area contributed by atoms with Gasteiger partial charge in [-0.15, -0.1) is 0 Å². The van der Waals surface area contributed by atoms with E-state index in [-0.39, 0.29) is 33.3 Å². The predicted molar refractivity (Wildman–Crippen MR) is 202 cm³/mol. The minimum absolute atomic E-state index is 0.0147. The third-order valence-corrected chi connectivity index (χ3v) is 8.15. The highest BCUT2D eigenvalue weighted by atomic mass is 16.3. The van der Waals surface area contributed by atoms with E-state index in [1.54, 1.807) is 24.3 Å². The molecule has 0 saturated carbocycles. The number of hydrogen-bond acceptors (Lipinski definition) is 2. The van der Waals surface area contributed by atoms with Gasteiger partial charge in [0.2, 0.25) is 0 Å². The fourth-order valence-electron chi connectivity index (χ4n) is 5.84. The van der Waals surface area contributed by atoms with E-state index >= 15 is 0 Å². The highest BCUT2D eigenvalue weighted by molar-refractivity contribution is 6.06.